The van der Waals surface area contributed by atoms with E-state index in [1.807, 2.05) is 30.3 Å². The van der Waals surface area contributed by atoms with Crippen molar-refractivity contribution >= 4 is 29.6 Å². The van der Waals surface area contributed by atoms with Gasteiger partial charge in [0.25, 0.3) is 0 Å². The predicted molar refractivity (Wildman–Crippen MR) is 81.3 cm³/mol. The van der Waals surface area contributed by atoms with Crippen LogP contribution >= 0.6 is 11.8 Å². The van der Waals surface area contributed by atoms with Crippen LogP contribution in [0.4, 0.5) is 0 Å². The number of hydrogen-bond donors (Lipinski definition) is 3. The summed E-state index contributed by atoms with van der Waals surface area (Å²) in [5.74, 6) is -2.25. The Hall–Kier alpha value is -2.06. The fourth-order valence-corrected chi connectivity index (χ4v) is 2.49. The van der Waals surface area contributed by atoms with E-state index >= 15 is 0 Å². The van der Waals surface area contributed by atoms with Crippen LogP contribution in [-0.4, -0.2) is 47.9 Å². The summed E-state index contributed by atoms with van der Waals surface area (Å²) >= 11 is 1.37. The van der Waals surface area contributed by atoms with Crippen molar-refractivity contribution in [3.8, 4) is 0 Å². The molecule has 0 unspecified atom stereocenters. The molecule has 0 saturated heterocycles. The van der Waals surface area contributed by atoms with Gasteiger partial charge in [-0.15, -0.1) is 11.8 Å². The predicted octanol–water partition coefficient (Wildman–Crippen LogP) is 0.239. The molecule has 1 amide bonds. The van der Waals surface area contributed by atoms with E-state index < -0.39 is 36.4 Å². The molecule has 7 nitrogen and oxygen atoms in total. The van der Waals surface area contributed by atoms with Gasteiger partial charge in [0.15, 0.2) is 0 Å². The number of rotatable bonds is 8. The molecule has 120 valence electrons. The molecular formula is C14H18N2O5S. The third-order valence-corrected chi connectivity index (χ3v) is 3.80. The van der Waals surface area contributed by atoms with Crippen LogP contribution in [0.5, 0.6) is 0 Å². The third kappa shape index (κ3) is 6.15. The smallest absolute Gasteiger partial charge is 0.329 e. The summed E-state index contributed by atoms with van der Waals surface area (Å²) in [5.41, 5.74) is 5.46. The van der Waals surface area contributed by atoms with E-state index in [2.05, 4.69) is 10.1 Å². The zero-order valence-corrected chi connectivity index (χ0v) is 12.8. The molecule has 22 heavy (non-hydrogen) atoms. The van der Waals surface area contributed by atoms with Gasteiger partial charge in [-0.3, -0.25) is 9.59 Å². The number of hydrogen-bond acceptors (Lipinski definition) is 6. The zero-order chi connectivity index (χ0) is 16.5. The fourth-order valence-electron chi connectivity index (χ4n) is 1.57. The molecule has 0 fully saturated rings. The SMILES string of the molecule is COC(=O)[C@H](CSc1ccccc1)NC(=O)[C@@H](N)CC(=O)O. The molecule has 0 aliphatic carbocycles. The summed E-state index contributed by atoms with van der Waals surface area (Å²) in [6.45, 7) is 0. The van der Waals surface area contributed by atoms with Crippen molar-refractivity contribution in [2.45, 2.75) is 23.4 Å². The summed E-state index contributed by atoms with van der Waals surface area (Å²) in [7, 11) is 1.21. The average molecular weight is 326 g/mol. The highest BCUT2D eigenvalue weighted by Gasteiger charge is 2.25. The second-order valence-electron chi connectivity index (χ2n) is 4.41. The fraction of sp³-hybridized carbons (Fsp3) is 0.357. The number of methoxy groups -OCH3 is 1. The number of carboxylic acid groups (broad SMARTS) is 1. The molecule has 0 saturated carbocycles. The number of ether oxygens (including phenoxy) is 1. The Morgan fingerprint density at radius 3 is 2.50 bits per heavy atom. The number of benzene rings is 1. The van der Waals surface area contributed by atoms with Gasteiger partial charge in [0, 0.05) is 10.6 Å². The standard InChI is InChI=1S/C14H18N2O5S/c1-21-14(20)11(8-22-9-5-3-2-4-6-9)16-13(19)10(15)7-12(17)18/h2-6,10-11H,7-8,15H2,1H3,(H,16,19)(H,17,18)/t10-,11-/m0/s1. The van der Waals surface area contributed by atoms with Crippen molar-refractivity contribution in [3.63, 3.8) is 0 Å². The summed E-state index contributed by atoms with van der Waals surface area (Å²) < 4.78 is 4.64. The molecule has 0 aliphatic rings. The van der Waals surface area contributed by atoms with Crippen LogP contribution in [0.15, 0.2) is 35.2 Å². The Morgan fingerprint density at radius 2 is 1.95 bits per heavy atom. The molecule has 0 aromatic heterocycles. The van der Waals surface area contributed by atoms with Gasteiger partial charge in [-0.1, -0.05) is 18.2 Å². The van der Waals surface area contributed by atoms with Crippen LogP contribution in [0.2, 0.25) is 0 Å². The maximum Gasteiger partial charge on any atom is 0.329 e. The monoisotopic (exact) mass is 326 g/mol. The highest BCUT2D eigenvalue weighted by molar-refractivity contribution is 7.99. The normalized spacial score (nSPS) is 13.0. The number of thioether (sulfide) groups is 1. The van der Waals surface area contributed by atoms with Crippen molar-refractivity contribution in [1.82, 2.24) is 5.32 Å². The van der Waals surface area contributed by atoms with Gasteiger partial charge in [-0.05, 0) is 12.1 Å². The number of carboxylic acids is 1. The summed E-state index contributed by atoms with van der Waals surface area (Å²) in [6, 6.07) is 7.21. The minimum absolute atomic E-state index is 0.252. The number of carbonyl (C=O) groups excluding carboxylic acids is 2. The van der Waals surface area contributed by atoms with Gasteiger partial charge >= 0.3 is 11.9 Å². The minimum Gasteiger partial charge on any atom is -0.481 e. The van der Waals surface area contributed by atoms with E-state index in [4.69, 9.17) is 10.8 Å². The number of nitrogens with two attached hydrogens (primary N) is 1. The molecule has 0 heterocycles. The van der Waals surface area contributed by atoms with Crippen LogP contribution in [0, 0.1) is 0 Å². The number of carbonyl (C=O) groups is 3. The quantitative estimate of drug-likeness (QED) is 0.462. The molecule has 1 aromatic rings. The van der Waals surface area contributed by atoms with Crippen molar-refractivity contribution in [2.24, 2.45) is 5.73 Å². The first-order valence-electron chi connectivity index (χ1n) is 6.47. The Morgan fingerprint density at radius 1 is 1.32 bits per heavy atom. The summed E-state index contributed by atoms with van der Waals surface area (Å²) in [4.78, 5) is 35.0. The van der Waals surface area contributed by atoms with E-state index in [9.17, 15) is 14.4 Å². The summed E-state index contributed by atoms with van der Waals surface area (Å²) in [5, 5.41) is 11.0. The van der Waals surface area contributed by atoms with Gasteiger partial charge in [0.05, 0.1) is 19.6 Å². The van der Waals surface area contributed by atoms with Crippen LogP contribution in [-0.2, 0) is 19.1 Å². The van der Waals surface area contributed by atoms with E-state index in [1.54, 1.807) is 0 Å². The van der Waals surface area contributed by atoms with Gasteiger partial charge in [0.2, 0.25) is 5.91 Å². The Balaban J connectivity index is 2.62. The van der Waals surface area contributed by atoms with Crippen LogP contribution in [0.1, 0.15) is 6.42 Å². The Labute approximate surface area is 132 Å². The zero-order valence-electron chi connectivity index (χ0n) is 12.0. The largest absolute Gasteiger partial charge is 0.481 e. The first-order chi connectivity index (χ1) is 10.4. The van der Waals surface area contributed by atoms with Gasteiger partial charge < -0.3 is 20.9 Å². The highest BCUT2D eigenvalue weighted by atomic mass is 32.2. The number of aliphatic carboxylic acids is 1. The molecule has 0 bridgehead atoms. The second-order valence-corrected chi connectivity index (χ2v) is 5.51. The maximum atomic E-state index is 11.8. The number of esters is 1. The van der Waals surface area contributed by atoms with Crippen molar-refractivity contribution in [2.75, 3.05) is 12.9 Å². The molecule has 1 aromatic carbocycles. The first-order valence-corrected chi connectivity index (χ1v) is 7.46. The molecule has 0 radical (unpaired) electrons. The maximum absolute atomic E-state index is 11.8. The highest BCUT2D eigenvalue weighted by Crippen LogP contribution is 2.18. The topological polar surface area (TPSA) is 119 Å². The Bertz CT molecular complexity index is 523. The average Bonchev–Trinajstić information content (AvgIpc) is 2.50. The van der Waals surface area contributed by atoms with Crippen LogP contribution in [0.25, 0.3) is 0 Å². The van der Waals surface area contributed by atoms with Gasteiger partial charge in [-0.2, -0.15) is 0 Å². The summed E-state index contributed by atoms with van der Waals surface area (Å²) in [6.07, 6.45) is -0.508. The molecular weight excluding hydrogens is 308 g/mol. The van der Waals surface area contributed by atoms with Crippen LogP contribution in [0.3, 0.4) is 0 Å². The lowest BCUT2D eigenvalue weighted by atomic mass is 10.2. The van der Waals surface area contributed by atoms with Crippen LogP contribution < -0.4 is 11.1 Å². The second kappa shape index (κ2) is 9.06. The van der Waals surface area contributed by atoms with Crippen molar-refractivity contribution < 1.29 is 24.2 Å². The van der Waals surface area contributed by atoms with E-state index in [1.165, 1.54) is 18.9 Å². The van der Waals surface area contributed by atoms with E-state index in [0.29, 0.717) is 0 Å². The number of nitrogens with one attached hydrogen (secondary N) is 1. The molecule has 0 aliphatic heterocycles. The van der Waals surface area contributed by atoms with Crippen molar-refractivity contribution in [1.29, 1.82) is 0 Å². The van der Waals surface area contributed by atoms with E-state index in [-0.39, 0.29) is 5.75 Å². The molecule has 1 rings (SSSR count). The molecule has 4 N–H and O–H groups in total. The molecule has 0 spiro atoms. The molecule has 2 atom stereocenters. The molecule has 8 heteroatoms. The number of amides is 1. The third-order valence-electron chi connectivity index (χ3n) is 2.69. The van der Waals surface area contributed by atoms with Gasteiger partial charge in [-0.25, -0.2) is 4.79 Å². The minimum atomic E-state index is -1.22. The van der Waals surface area contributed by atoms with Crippen molar-refractivity contribution in [3.05, 3.63) is 30.3 Å². The lowest BCUT2D eigenvalue weighted by Crippen LogP contribution is -2.50. The first kappa shape index (κ1) is 18.0. The lowest BCUT2D eigenvalue weighted by molar-refractivity contribution is -0.144. The van der Waals surface area contributed by atoms with Gasteiger partial charge in [0.1, 0.15) is 6.04 Å². The van der Waals surface area contributed by atoms with E-state index in [0.717, 1.165) is 4.90 Å². The Kier molecular flexibility index (Phi) is 7.41. The lowest BCUT2D eigenvalue weighted by Gasteiger charge is -2.18.